The van der Waals surface area contributed by atoms with Crippen molar-refractivity contribution in [2.75, 3.05) is 13.2 Å². The van der Waals surface area contributed by atoms with Crippen molar-refractivity contribution in [1.82, 2.24) is 0 Å². The molecule has 0 bridgehead atoms. The van der Waals surface area contributed by atoms with E-state index < -0.39 is 0 Å². The molecule has 0 aromatic heterocycles. The molecule has 0 aliphatic carbocycles. The van der Waals surface area contributed by atoms with E-state index in [9.17, 15) is 0 Å². The molecule has 0 amide bonds. The summed E-state index contributed by atoms with van der Waals surface area (Å²) in [5, 5.41) is 0. The Morgan fingerprint density at radius 1 is 1.28 bits per heavy atom. The van der Waals surface area contributed by atoms with Crippen molar-refractivity contribution in [2.45, 2.75) is 40.5 Å². The Hall–Kier alpha value is -1.08. The smallest absolute Gasteiger partial charge is 0.0491 e. The predicted molar refractivity (Wildman–Crippen MR) is 81.7 cm³/mol. The Morgan fingerprint density at radius 2 is 2.00 bits per heavy atom. The zero-order valence-corrected chi connectivity index (χ0v) is 12.4. The van der Waals surface area contributed by atoms with Gasteiger partial charge in [0.05, 0.1) is 0 Å². The maximum absolute atomic E-state index is 5.40. The van der Waals surface area contributed by atoms with Gasteiger partial charge in [0.15, 0.2) is 0 Å². The zero-order chi connectivity index (χ0) is 13.8. The Labute approximate surface area is 113 Å². The minimum absolute atomic E-state index is 0.640. The summed E-state index contributed by atoms with van der Waals surface area (Å²) in [4.78, 5) is 0. The molecule has 0 rings (SSSR count). The fraction of sp³-hybridized carbons (Fsp3) is 0.529. The maximum Gasteiger partial charge on any atom is 0.0491 e. The highest BCUT2D eigenvalue weighted by Gasteiger charge is 1.99. The second-order valence-electron chi connectivity index (χ2n) is 4.76. The first kappa shape index (κ1) is 16.9. The molecule has 1 unspecified atom stereocenters. The summed E-state index contributed by atoms with van der Waals surface area (Å²) in [6.45, 7) is 13.9. The van der Waals surface area contributed by atoms with Crippen LogP contribution < -0.4 is 0 Å². The molecular formula is C17H28O. The predicted octanol–water partition coefficient (Wildman–Crippen LogP) is 5.07. The number of rotatable bonds is 9. The van der Waals surface area contributed by atoms with E-state index in [4.69, 9.17) is 4.74 Å². The van der Waals surface area contributed by atoms with Gasteiger partial charge in [-0.1, -0.05) is 55.0 Å². The Morgan fingerprint density at radius 3 is 2.61 bits per heavy atom. The first-order valence-corrected chi connectivity index (χ1v) is 6.82. The average Bonchev–Trinajstić information content (AvgIpc) is 2.36. The van der Waals surface area contributed by atoms with Crippen LogP contribution in [0.15, 0.2) is 48.1 Å². The molecular weight excluding hydrogens is 220 g/mol. The van der Waals surface area contributed by atoms with Gasteiger partial charge in [0.25, 0.3) is 0 Å². The fourth-order valence-electron chi connectivity index (χ4n) is 1.49. The van der Waals surface area contributed by atoms with E-state index in [0.29, 0.717) is 5.92 Å². The molecule has 0 saturated carbocycles. The van der Waals surface area contributed by atoms with Crippen LogP contribution >= 0.6 is 0 Å². The number of ether oxygens (including phenoxy) is 1. The van der Waals surface area contributed by atoms with Crippen molar-refractivity contribution in [3.05, 3.63) is 48.1 Å². The van der Waals surface area contributed by atoms with E-state index in [-0.39, 0.29) is 0 Å². The van der Waals surface area contributed by atoms with Gasteiger partial charge in [0, 0.05) is 13.2 Å². The monoisotopic (exact) mass is 248 g/mol. The minimum atomic E-state index is 0.640. The number of allylic oxidation sites excluding steroid dienone is 7. The van der Waals surface area contributed by atoms with Gasteiger partial charge in [-0.05, 0) is 39.5 Å². The Kier molecular flexibility index (Phi) is 10.4. The minimum Gasteiger partial charge on any atom is -0.381 e. The standard InChI is InChI=1S/C17H28O/c1-6-15(3)10-8-11-16(4)12-9-13-17(5)14-18-7-2/h6,8,10-12,17H,1,7,9,13-14H2,2-5H3. The third-order valence-corrected chi connectivity index (χ3v) is 2.77. The van der Waals surface area contributed by atoms with Crippen LogP contribution in [0, 0.1) is 5.92 Å². The van der Waals surface area contributed by atoms with Crippen molar-refractivity contribution in [1.29, 1.82) is 0 Å². The van der Waals surface area contributed by atoms with Gasteiger partial charge in [-0.3, -0.25) is 0 Å². The topological polar surface area (TPSA) is 9.23 Å². The van der Waals surface area contributed by atoms with Crippen molar-refractivity contribution >= 4 is 0 Å². The molecule has 0 heterocycles. The molecule has 1 atom stereocenters. The van der Waals surface area contributed by atoms with Crippen molar-refractivity contribution < 1.29 is 4.74 Å². The molecule has 1 nitrogen and oxygen atoms in total. The second kappa shape index (κ2) is 11.0. The van der Waals surface area contributed by atoms with E-state index in [2.05, 4.69) is 44.7 Å². The van der Waals surface area contributed by atoms with Crippen LogP contribution in [0.25, 0.3) is 0 Å². The van der Waals surface area contributed by atoms with Gasteiger partial charge in [0.2, 0.25) is 0 Å². The Bertz CT molecular complexity index is 308. The molecule has 0 aliphatic rings. The molecule has 1 heteroatoms. The maximum atomic E-state index is 5.40. The lowest BCUT2D eigenvalue weighted by atomic mass is 10.1. The zero-order valence-electron chi connectivity index (χ0n) is 12.4. The first-order valence-electron chi connectivity index (χ1n) is 6.82. The molecule has 0 radical (unpaired) electrons. The van der Waals surface area contributed by atoms with E-state index in [1.54, 1.807) is 0 Å². The van der Waals surface area contributed by atoms with Gasteiger partial charge < -0.3 is 4.74 Å². The SMILES string of the molecule is C=CC(C)=CC=CC(C)=CCCC(C)COCC. The van der Waals surface area contributed by atoms with Crippen molar-refractivity contribution in [3.8, 4) is 0 Å². The van der Waals surface area contributed by atoms with Crippen LogP contribution in [0.4, 0.5) is 0 Å². The summed E-state index contributed by atoms with van der Waals surface area (Å²) < 4.78 is 5.40. The summed E-state index contributed by atoms with van der Waals surface area (Å²) in [6, 6.07) is 0. The highest BCUT2D eigenvalue weighted by Crippen LogP contribution is 2.09. The van der Waals surface area contributed by atoms with Gasteiger partial charge in [-0.25, -0.2) is 0 Å². The summed E-state index contributed by atoms with van der Waals surface area (Å²) in [5.41, 5.74) is 2.50. The average molecular weight is 248 g/mol. The molecule has 0 aromatic carbocycles. The summed E-state index contributed by atoms with van der Waals surface area (Å²) in [6.07, 6.45) is 12.7. The third kappa shape index (κ3) is 10.1. The lowest BCUT2D eigenvalue weighted by molar-refractivity contribution is 0.113. The van der Waals surface area contributed by atoms with E-state index in [0.717, 1.165) is 19.6 Å². The lowest BCUT2D eigenvalue weighted by Gasteiger charge is -2.09. The van der Waals surface area contributed by atoms with Crippen LogP contribution in [0.2, 0.25) is 0 Å². The molecule has 0 aliphatic heterocycles. The number of hydrogen-bond acceptors (Lipinski definition) is 1. The van der Waals surface area contributed by atoms with Crippen LogP contribution in [0.1, 0.15) is 40.5 Å². The highest BCUT2D eigenvalue weighted by atomic mass is 16.5. The largest absolute Gasteiger partial charge is 0.381 e. The van der Waals surface area contributed by atoms with E-state index >= 15 is 0 Å². The quantitative estimate of drug-likeness (QED) is 0.517. The van der Waals surface area contributed by atoms with Crippen molar-refractivity contribution in [2.24, 2.45) is 5.92 Å². The molecule has 18 heavy (non-hydrogen) atoms. The molecule has 0 spiro atoms. The number of hydrogen-bond donors (Lipinski definition) is 0. The van der Waals surface area contributed by atoms with Gasteiger partial charge in [-0.2, -0.15) is 0 Å². The van der Waals surface area contributed by atoms with E-state index in [1.807, 2.05) is 19.9 Å². The molecule has 0 fully saturated rings. The normalized spacial score (nSPS) is 15.1. The fourth-order valence-corrected chi connectivity index (χ4v) is 1.49. The highest BCUT2D eigenvalue weighted by molar-refractivity contribution is 5.25. The van der Waals surface area contributed by atoms with Crippen molar-refractivity contribution in [3.63, 3.8) is 0 Å². The van der Waals surface area contributed by atoms with Crippen LogP contribution in [-0.4, -0.2) is 13.2 Å². The van der Waals surface area contributed by atoms with Gasteiger partial charge in [-0.15, -0.1) is 0 Å². The van der Waals surface area contributed by atoms with Gasteiger partial charge >= 0.3 is 0 Å². The molecule has 0 N–H and O–H groups in total. The van der Waals surface area contributed by atoms with Crippen LogP contribution in [-0.2, 0) is 4.74 Å². The molecule has 0 saturated heterocycles. The first-order chi connectivity index (χ1) is 8.60. The third-order valence-electron chi connectivity index (χ3n) is 2.77. The van der Waals surface area contributed by atoms with E-state index in [1.165, 1.54) is 17.6 Å². The van der Waals surface area contributed by atoms with Crippen LogP contribution in [0.3, 0.4) is 0 Å². The summed E-state index contributed by atoms with van der Waals surface area (Å²) >= 11 is 0. The van der Waals surface area contributed by atoms with Gasteiger partial charge in [0.1, 0.15) is 0 Å². The van der Waals surface area contributed by atoms with Crippen LogP contribution in [0.5, 0.6) is 0 Å². The Balaban J connectivity index is 3.93. The second-order valence-corrected chi connectivity index (χ2v) is 4.76. The lowest BCUT2D eigenvalue weighted by Crippen LogP contribution is -2.05. The summed E-state index contributed by atoms with van der Waals surface area (Å²) in [5.74, 6) is 0.640. The summed E-state index contributed by atoms with van der Waals surface area (Å²) in [7, 11) is 0. The molecule has 102 valence electrons. The molecule has 0 aromatic rings.